The van der Waals surface area contributed by atoms with Crippen molar-refractivity contribution in [1.82, 2.24) is 5.32 Å². The molecule has 1 fully saturated rings. The normalized spacial score (nSPS) is 16.5. The highest BCUT2D eigenvalue weighted by atomic mass is 35.5. The Bertz CT molecular complexity index is 557. The van der Waals surface area contributed by atoms with E-state index in [1.54, 1.807) is 13.0 Å². The molecule has 1 aliphatic rings. The highest BCUT2D eigenvalue weighted by Gasteiger charge is 2.28. The molecule has 1 saturated carbocycles. The molecule has 0 saturated heterocycles. The Hall–Kier alpha value is -1.66. The van der Waals surface area contributed by atoms with E-state index in [1.165, 1.54) is 18.6 Å². The summed E-state index contributed by atoms with van der Waals surface area (Å²) < 4.78 is 0. The van der Waals surface area contributed by atoms with Crippen LogP contribution in [0.2, 0.25) is 0 Å². The van der Waals surface area contributed by atoms with Crippen molar-refractivity contribution in [2.45, 2.75) is 44.6 Å². The molecule has 0 radical (unpaired) electrons. The molecule has 2 rings (SSSR count). The van der Waals surface area contributed by atoms with Gasteiger partial charge in [-0.2, -0.15) is 0 Å². The molecule has 1 aliphatic carbocycles. The minimum Gasteiger partial charge on any atom is -0.350 e. The van der Waals surface area contributed by atoms with Crippen molar-refractivity contribution in [2.75, 3.05) is 6.54 Å². The fourth-order valence-corrected chi connectivity index (χ4v) is 2.75. The summed E-state index contributed by atoms with van der Waals surface area (Å²) in [5.41, 5.74) is 6.91. The first-order valence-corrected chi connectivity index (χ1v) is 7.23. The lowest BCUT2D eigenvalue weighted by atomic mass is 9.82. The first-order chi connectivity index (χ1) is 9.91. The monoisotopic (exact) mass is 327 g/mol. The molecule has 0 aliphatic heterocycles. The SMILES string of the molecule is Cc1ccc([N+](=O)[O-])cc1C(=O)NCC1(N)CCCCC1.Cl. The standard InChI is InChI=1S/C15H21N3O3.ClH/c1-11-5-6-12(18(20)21)9-13(11)14(19)17-10-15(16)7-3-2-4-8-15;/h5-6,9H,2-4,7-8,10,16H2,1H3,(H,17,19);1H. The van der Waals surface area contributed by atoms with Crippen molar-refractivity contribution in [3.63, 3.8) is 0 Å². The number of non-ortho nitro benzene ring substituents is 1. The van der Waals surface area contributed by atoms with E-state index in [2.05, 4.69) is 5.32 Å². The van der Waals surface area contributed by atoms with Gasteiger partial charge in [-0.25, -0.2) is 0 Å². The number of amides is 1. The number of nitro benzene ring substituents is 1. The summed E-state index contributed by atoms with van der Waals surface area (Å²) in [6.45, 7) is 2.17. The number of halogens is 1. The molecule has 0 atom stereocenters. The van der Waals surface area contributed by atoms with Crippen molar-refractivity contribution in [3.05, 3.63) is 39.4 Å². The van der Waals surface area contributed by atoms with Gasteiger partial charge in [-0.15, -0.1) is 12.4 Å². The quantitative estimate of drug-likeness (QED) is 0.656. The molecule has 7 heteroatoms. The Balaban J connectivity index is 0.00000242. The van der Waals surface area contributed by atoms with Gasteiger partial charge < -0.3 is 11.1 Å². The highest BCUT2D eigenvalue weighted by molar-refractivity contribution is 5.96. The van der Waals surface area contributed by atoms with Crippen LogP contribution < -0.4 is 11.1 Å². The highest BCUT2D eigenvalue weighted by Crippen LogP contribution is 2.25. The number of nitrogens with two attached hydrogens (primary N) is 1. The van der Waals surface area contributed by atoms with Gasteiger partial charge in [0.1, 0.15) is 0 Å². The van der Waals surface area contributed by atoms with Gasteiger partial charge in [0.05, 0.1) is 4.92 Å². The smallest absolute Gasteiger partial charge is 0.270 e. The third-order valence-electron chi connectivity index (χ3n) is 4.13. The summed E-state index contributed by atoms with van der Waals surface area (Å²) in [6.07, 6.45) is 5.17. The summed E-state index contributed by atoms with van der Waals surface area (Å²) in [7, 11) is 0. The summed E-state index contributed by atoms with van der Waals surface area (Å²) in [5, 5.41) is 13.6. The van der Waals surface area contributed by atoms with E-state index in [0.29, 0.717) is 17.7 Å². The lowest BCUT2D eigenvalue weighted by molar-refractivity contribution is -0.384. The van der Waals surface area contributed by atoms with Crippen LogP contribution in [0.5, 0.6) is 0 Å². The van der Waals surface area contributed by atoms with Gasteiger partial charge in [0, 0.05) is 29.8 Å². The minimum absolute atomic E-state index is 0. The van der Waals surface area contributed by atoms with Crippen LogP contribution in [-0.2, 0) is 0 Å². The summed E-state index contributed by atoms with van der Waals surface area (Å²) >= 11 is 0. The Morgan fingerprint density at radius 1 is 1.36 bits per heavy atom. The predicted octanol–water partition coefficient (Wildman–Crippen LogP) is 2.72. The van der Waals surface area contributed by atoms with Crippen LogP contribution in [0, 0.1) is 17.0 Å². The zero-order valence-corrected chi connectivity index (χ0v) is 13.4. The first kappa shape index (κ1) is 18.4. The molecule has 1 aromatic rings. The van der Waals surface area contributed by atoms with E-state index in [1.807, 2.05) is 0 Å². The minimum atomic E-state index is -0.498. The van der Waals surface area contributed by atoms with Gasteiger partial charge in [-0.1, -0.05) is 25.3 Å². The number of carbonyl (C=O) groups excluding carboxylic acids is 1. The van der Waals surface area contributed by atoms with Crippen LogP contribution in [0.25, 0.3) is 0 Å². The molecule has 0 bridgehead atoms. The van der Waals surface area contributed by atoms with Crippen LogP contribution in [0.3, 0.4) is 0 Å². The maximum atomic E-state index is 12.2. The zero-order valence-electron chi connectivity index (χ0n) is 12.6. The van der Waals surface area contributed by atoms with Gasteiger partial charge in [0.15, 0.2) is 0 Å². The van der Waals surface area contributed by atoms with Gasteiger partial charge in [0.2, 0.25) is 0 Å². The third kappa shape index (κ3) is 4.42. The van der Waals surface area contributed by atoms with E-state index in [-0.39, 0.29) is 29.5 Å². The molecule has 0 spiro atoms. The van der Waals surface area contributed by atoms with E-state index in [0.717, 1.165) is 25.7 Å². The van der Waals surface area contributed by atoms with E-state index >= 15 is 0 Å². The summed E-state index contributed by atoms with van der Waals surface area (Å²) in [4.78, 5) is 22.5. The van der Waals surface area contributed by atoms with Crippen LogP contribution in [0.15, 0.2) is 18.2 Å². The zero-order chi connectivity index (χ0) is 15.5. The number of nitrogens with one attached hydrogen (secondary N) is 1. The molecule has 122 valence electrons. The second-order valence-corrected chi connectivity index (χ2v) is 5.86. The molecule has 0 unspecified atom stereocenters. The van der Waals surface area contributed by atoms with Gasteiger partial charge in [-0.3, -0.25) is 14.9 Å². The van der Waals surface area contributed by atoms with Crippen LogP contribution in [-0.4, -0.2) is 22.9 Å². The van der Waals surface area contributed by atoms with Crippen molar-refractivity contribution in [2.24, 2.45) is 5.73 Å². The Kier molecular flexibility index (Phi) is 6.32. The van der Waals surface area contributed by atoms with E-state index < -0.39 is 4.92 Å². The van der Waals surface area contributed by atoms with Crippen LogP contribution >= 0.6 is 12.4 Å². The second-order valence-electron chi connectivity index (χ2n) is 5.86. The van der Waals surface area contributed by atoms with E-state index in [9.17, 15) is 14.9 Å². The number of benzene rings is 1. The number of rotatable bonds is 4. The second kappa shape index (κ2) is 7.56. The molecule has 1 amide bonds. The van der Waals surface area contributed by atoms with E-state index in [4.69, 9.17) is 5.73 Å². The molecular formula is C15H22ClN3O3. The molecular weight excluding hydrogens is 306 g/mol. The number of nitro groups is 1. The van der Waals surface area contributed by atoms with Crippen molar-refractivity contribution in [1.29, 1.82) is 0 Å². The molecule has 0 aromatic heterocycles. The largest absolute Gasteiger partial charge is 0.350 e. The molecule has 3 N–H and O–H groups in total. The van der Waals surface area contributed by atoms with Gasteiger partial charge in [0.25, 0.3) is 11.6 Å². The van der Waals surface area contributed by atoms with Crippen LogP contribution in [0.1, 0.15) is 48.0 Å². The van der Waals surface area contributed by atoms with Gasteiger partial charge >= 0.3 is 0 Å². The number of nitrogens with zero attached hydrogens (tertiary/aromatic N) is 1. The fourth-order valence-electron chi connectivity index (χ4n) is 2.75. The number of carbonyl (C=O) groups is 1. The van der Waals surface area contributed by atoms with Crippen LogP contribution in [0.4, 0.5) is 5.69 Å². The maximum Gasteiger partial charge on any atom is 0.270 e. The average Bonchev–Trinajstić information content (AvgIpc) is 2.46. The van der Waals surface area contributed by atoms with Crippen molar-refractivity contribution >= 4 is 24.0 Å². The van der Waals surface area contributed by atoms with Crippen molar-refractivity contribution in [3.8, 4) is 0 Å². The molecule has 6 nitrogen and oxygen atoms in total. The lowest BCUT2D eigenvalue weighted by Crippen LogP contribution is -2.51. The maximum absolute atomic E-state index is 12.2. The topological polar surface area (TPSA) is 98.3 Å². The fraction of sp³-hybridized carbons (Fsp3) is 0.533. The van der Waals surface area contributed by atoms with Crippen molar-refractivity contribution < 1.29 is 9.72 Å². The Labute approximate surface area is 136 Å². The summed E-state index contributed by atoms with van der Waals surface area (Å²) in [5.74, 6) is -0.299. The Morgan fingerprint density at radius 2 is 2.00 bits per heavy atom. The Morgan fingerprint density at radius 3 is 2.59 bits per heavy atom. The average molecular weight is 328 g/mol. The number of hydrogen-bond donors (Lipinski definition) is 2. The molecule has 0 heterocycles. The predicted molar refractivity (Wildman–Crippen MR) is 87.4 cm³/mol. The van der Waals surface area contributed by atoms with Gasteiger partial charge in [-0.05, 0) is 25.3 Å². The summed E-state index contributed by atoms with van der Waals surface area (Å²) in [6, 6.07) is 4.30. The first-order valence-electron chi connectivity index (χ1n) is 7.23. The lowest BCUT2D eigenvalue weighted by Gasteiger charge is -2.33. The molecule has 1 aromatic carbocycles. The number of aryl methyl sites for hydroxylation is 1. The number of hydrogen-bond acceptors (Lipinski definition) is 4. The molecule has 22 heavy (non-hydrogen) atoms. The third-order valence-corrected chi connectivity index (χ3v) is 4.13.